The zero-order valence-electron chi connectivity index (χ0n) is 18.9. The summed E-state index contributed by atoms with van der Waals surface area (Å²) in [6.07, 6.45) is 0. The van der Waals surface area contributed by atoms with E-state index >= 15 is 0 Å². The Morgan fingerprint density at radius 3 is 2.16 bits per heavy atom. The number of nitrogens with zero attached hydrogens (tertiary/aromatic N) is 1. The van der Waals surface area contributed by atoms with Gasteiger partial charge in [-0.1, -0.05) is 38.1 Å². The third-order valence-electron chi connectivity index (χ3n) is 4.78. The lowest BCUT2D eigenvalue weighted by Crippen LogP contribution is -2.49. The van der Waals surface area contributed by atoms with Crippen LogP contribution in [0.15, 0.2) is 48.5 Å². The van der Waals surface area contributed by atoms with Crippen LogP contribution in [0.1, 0.15) is 26.3 Å². The summed E-state index contributed by atoms with van der Waals surface area (Å²) in [5, 5.41) is 2.90. The minimum atomic E-state index is -0.658. The molecule has 0 aromatic heterocycles. The van der Waals surface area contributed by atoms with Gasteiger partial charge in [-0.25, -0.2) is 0 Å². The highest BCUT2D eigenvalue weighted by Gasteiger charge is 2.26. The first-order valence-electron chi connectivity index (χ1n) is 10.3. The molecule has 2 rings (SSSR count). The van der Waals surface area contributed by atoms with Gasteiger partial charge in [0.05, 0.1) is 14.2 Å². The molecule has 0 spiro atoms. The van der Waals surface area contributed by atoms with Crippen LogP contribution in [0.25, 0.3) is 0 Å². The SMILES string of the molecule is COc1ccc(CN(C(=O)COc2ccccc2OC)C(C)C(=O)NCC(C)C)cc1. The molecule has 0 fully saturated rings. The Bertz CT molecular complexity index is 851. The maximum atomic E-state index is 13.1. The van der Waals surface area contributed by atoms with Crippen LogP contribution in [-0.4, -0.2) is 50.1 Å². The number of ether oxygens (including phenoxy) is 3. The lowest BCUT2D eigenvalue weighted by Gasteiger charge is -2.29. The van der Waals surface area contributed by atoms with E-state index in [2.05, 4.69) is 5.32 Å². The molecule has 0 aliphatic carbocycles. The Morgan fingerprint density at radius 2 is 1.58 bits per heavy atom. The van der Waals surface area contributed by atoms with Crippen LogP contribution in [0.2, 0.25) is 0 Å². The Morgan fingerprint density at radius 1 is 0.935 bits per heavy atom. The van der Waals surface area contributed by atoms with Gasteiger partial charge >= 0.3 is 0 Å². The van der Waals surface area contributed by atoms with Crippen LogP contribution in [0.5, 0.6) is 17.2 Å². The summed E-state index contributed by atoms with van der Waals surface area (Å²) in [6.45, 7) is 6.37. The van der Waals surface area contributed by atoms with Crippen molar-refractivity contribution in [2.75, 3.05) is 27.4 Å². The number of hydrogen-bond acceptors (Lipinski definition) is 5. The number of methoxy groups -OCH3 is 2. The van der Waals surface area contributed by atoms with Crippen LogP contribution in [0.3, 0.4) is 0 Å². The zero-order valence-corrected chi connectivity index (χ0v) is 18.9. The molecule has 2 aromatic rings. The first-order valence-corrected chi connectivity index (χ1v) is 10.3. The lowest BCUT2D eigenvalue weighted by molar-refractivity contribution is -0.142. The van der Waals surface area contributed by atoms with Crippen molar-refractivity contribution in [2.24, 2.45) is 5.92 Å². The van der Waals surface area contributed by atoms with Crippen molar-refractivity contribution in [3.05, 3.63) is 54.1 Å². The van der Waals surface area contributed by atoms with E-state index in [9.17, 15) is 9.59 Å². The molecule has 31 heavy (non-hydrogen) atoms. The maximum absolute atomic E-state index is 13.1. The summed E-state index contributed by atoms with van der Waals surface area (Å²) in [6, 6.07) is 13.9. The molecule has 1 N–H and O–H groups in total. The number of rotatable bonds is 11. The van der Waals surface area contributed by atoms with Crippen molar-refractivity contribution in [1.82, 2.24) is 10.2 Å². The van der Waals surface area contributed by atoms with Crippen molar-refractivity contribution >= 4 is 11.8 Å². The lowest BCUT2D eigenvalue weighted by atomic mass is 10.1. The van der Waals surface area contributed by atoms with Gasteiger partial charge < -0.3 is 24.4 Å². The summed E-state index contributed by atoms with van der Waals surface area (Å²) in [4.78, 5) is 27.3. The zero-order chi connectivity index (χ0) is 22.8. The highest BCUT2D eigenvalue weighted by molar-refractivity contribution is 5.88. The molecule has 0 bridgehead atoms. The van der Waals surface area contributed by atoms with Crippen molar-refractivity contribution in [2.45, 2.75) is 33.4 Å². The molecule has 0 aliphatic heterocycles. The van der Waals surface area contributed by atoms with E-state index in [1.165, 1.54) is 4.90 Å². The summed E-state index contributed by atoms with van der Waals surface area (Å²) in [5.74, 6) is 1.56. The second kappa shape index (κ2) is 11.8. The molecule has 7 nitrogen and oxygen atoms in total. The summed E-state index contributed by atoms with van der Waals surface area (Å²) < 4.78 is 16.2. The largest absolute Gasteiger partial charge is 0.497 e. The molecule has 1 atom stereocenters. The van der Waals surface area contributed by atoms with Crippen LogP contribution in [0, 0.1) is 5.92 Å². The summed E-state index contributed by atoms with van der Waals surface area (Å²) >= 11 is 0. The van der Waals surface area contributed by atoms with E-state index in [-0.39, 0.29) is 25.0 Å². The highest BCUT2D eigenvalue weighted by atomic mass is 16.5. The standard InChI is InChI=1S/C24H32N2O5/c1-17(2)14-25-24(28)18(3)26(15-19-10-12-20(29-4)13-11-19)23(27)16-31-22-9-7-6-8-21(22)30-5/h6-13,17-18H,14-16H2,1-5H3,(H,25,28). The second-order valence-corrected chi connectivity index (χ2v) is 7.62. The molecular weight excluding hydrogens is 396 g/mol. The molecule has 7 heteroatoms. The third kappa shape index (κ3) is 7.20. The van der Waals surface area contributed by atoms with Crippen molar-refractivity contribution < 1.29 is 23.8 Å². The molecule has 2 amide bonds. The minimum Gasteiger partial charge on any atom is -0.497 e. The van der Waals surface area contributed by atoms with E-state index < -0.39 is 6.04 Å². The molecule has 168 valence electrons. The molecule has 1 unspecified atom stereocenters. The smallest absolute Gasteiger partial charge is 0.261 e. The van der Waals surface area contributed by atoms with Gasteiger partial charge in [-0.05, 0) is 42.7 Å². The number of para-hydroxylation sites is 2. The number of carbonyl (C=O) groups is 2. The van der Waals surface area contributed by atoms with E-state index in [4.69, 9.17) is 14.2 Å². The van der Waals surface area contributed by atoms with E-state index in [1.807, 2.05) is 44.2 Å². The van der Waals surface area contributed by atoms with Gasteiger partial charge in [-0.3, -0.25) is 9.59 Å². The molecule has 0 saturated heterocycles. The summed E-state index contributed by atoms with van der Waals surface area (Å²) in [7, 11) is 3.14. The van der Waals surface area contributed by atoms with E-state index in [1.54, 1.807) is 39.3 Å². The molecule has 0 aliphatic rings. The molecule has 0 heterocycles. The van der Waals surface area contributed by atoms with Gasteiger partial charge in [0.1, 0.15) is 11.8 Å². The Kier molecular flexibility index (Phi) is 9.18. The Balaban J connectivity index is 2.16. The molecule has 0 saturated carbocycles. The fourth-order valence-corrected chi connectivity index (χ4v) is 2.92. The highest BCUT2D eigenvalue weighted by Crippen LogP contribution is 2.26. The number of hydrogen-bond donors (Lipinski definition) is 1. The van der Waals surface area contributed by atoms with Gasteiger partial charge in [0, 0.05) is 13.1 Å². The summed E-state index contributed by atoms with van der Waals surface area (Å²) in [5.41, 5.74) is 0.884. The topological polar surface area (TPSA) is 77.1 Å². The number of benzene rings is 2. The fourth-order valence-electron chi connectivity index (χ4n) is 2.92. The Labute approximate surface area is 184 Å². The Hall–Kier alpha value is -3.22. The van der Waals surface area contributed by atoms with Gasteiger partial charge in [0.25, 0.3) is 5.91 Å². The quantitative estimate of drug-likeness (QED) is 0.594. The molecule has 0 radical (unpaired) electrons. The van der Waals surface area contributed by atoms with Gasteiger partial charge in [-0.2, -0.15) is 0 Å². The fraction of sp³-hybridized carbons (Fsp3) is 0.417. The normalized spacial score (nSPS) is 11.5. The first-order chi connectivity index (χ1) is 14.8. The van der Waals surface area contributed by atoms with Crippen molar-refractivity contribution in [3.63, 3.8) is 0 Å². The minimum absolute atomic E-state index is 0.201. The average Bonchev–Trinajstić information content (AvgIpc) is 2.79. The molecule has 2 aromatic carbocycles. The molecular formula is C24H32N2O5. The maximum Gasteiger partial charge on any atom is 0.261 e. The van der Waals surface area contributed by atoms with Crippen molar-refractivity contribution in [1.29, 1.82) is 0 Å². The number of nitrogens with one attached hydrogen (secondary N) is 1. The van der Waals surface area contributed by atoms with Gasteiger partial charge in [-0.15, -0.1) is 0 Å². The van der Waals surface area contributed by atoms with Crippen LogP contribution >= 0.6 is 0 Å². The van der Waals surface area contributed by atoms with Crippen LogP contribution in [-0.2, 0) is 16.1 Å². The van der Waals surface area contributed by atoms with Gasteiger partial charge in [0.15, 0.2) is 18.1 Å². The average molecular weight is 429 g/mol. The third-order valence-corrected chi connectivity index (χ3v) is 4.78. The monoisotopic (exact) mass is 428 g/mol. The predicted octanol–water partition coefficient (Wildman–Crippen LogP) is 3.27. The number of carbonyl (C=O) groups excluding carboxylic acids is 2. The van der Waals surface area contributed by atoms with Crippen LogP contribution < -0.4 is 19.5 Å². The van der Waals surface area contributed by atoms with Crippen LogP contribution in [0.4, 0.5) is 0 Å². The van der Waals surface area contributed by atoms with Gasteiger partial charge in [0.2, 0.25) is 5.91 Å². The van der Waals surface area contributed by atoms with E-state index in [0.29, 0.717) is 24.0 Å². The number of amides is 2. The van der Waals surface area contributed by atoms with Crippen molar-refractivity contribution in [3.8, 4) is 17.2 Å². The second-order valence-electron chi connectivity index (χ2n) is 7.62. The first kappa shape index (κ1) is 24.1. The predicted molar refractivity (Wildman–Crippen MR) is 119 cm³/mol. The van der Waals surface area contributed by atoms with E-state index in [0.717, 1.165) is 11.3 Å².